The molecule has 11 heteroatoms. The van der Waals surface area contributed by atoms with Crippen LogP contribution < -0.4 is 9.62 Å². The summed E-state index contributed by atoms with van der Waals surface area (Å²) >= 11 is 7.42. The molecule has 0 bridgehead atoms. The molecule has 5 nitrogen and oxygen atoms in total. The first-order valence-electron chi connectivity index (χ1n) is 11.3. The van der Waals surface area contributed by atoms with Crippen molar-refractivity contribution in [1.29, 1.82) is 0 Å². The number of benzene rings is 3. The number of thioether (sulfide) groups is 1. The van der Waals surface area contributed by atoms with E-state index >= 15 is 0 Å². The molecule has 37 heavy (non-hydrogen) atoms. The van der Waals surface area contributed by atoms with E-state index in [2.05, 4.69) is 11.4 Å². The number of nitrogens with zero attached hydrogens (tertiary/aromatic N) is 1. The summed E-state index contributed by atoms with van der Waals surface area (Å²) in [5.41, 5.74) is 0.885. The molecule has 1 amide bonds. The second kappa shape index (κ2) is 12.7. The number of rotatable bonds is 11. The van der Waals surface area contributed by atoms with Gasteiger partial charge in [0, 0.05) is 12.3 Å². The third-order valence-corrected chi connectivity index (χ3v) is 8.53. The van der Waals surface area contributed by atoms with Crippen LogP contribution in [0.25, 0.3) is 0 Å². The predicted molar refractivity (Wildman–Crippen MR) is 142 cm³/mol. The van der Waals surface area contributed by atoms with Gasteiger partial charge in [-0.15, -0.1) is 0 Å². The van der Waals surface area contributed by atoms with Gasteiger partial charge in [0.15, 0.2) is 0 Å². The Bertz CT molecular complexity index is 1320. The van der Waals surface area contributed by atoms with Gasteiger partial charge < -0.3 is 5.32 Å². The van der Waals surface area contributed by atoms with Crippen molar-refractivity contribution in [3.63, 3.8) is 0 Å². The molecule has 3 aromatic rings. The van der Waals surface area contributed by atoms with Crippen LogP contribution in [0.3, 0.4) is 0 Å². The number of hydrogen-bond acceptors (Lipinski definition) is 4. The maximum absolute atomic E-state index is 13.4. The molecule has 0 saturated heterocycles. The molecule has 0 unspecified atom stereocenters. The molecule has 3 aromatic carbocycles. The largest absolute Gasteiger partial charge is 0.417 e. The van der Waals surface area contributed by atoms with Gasteiger partial charge >= 0.3 is 6.18 Å². The Balaban J connectivity index is 1.68. The lowest BCUT2D eigenvalue weighted by Crippen LogP contribution is -2.41. The second-order valence-corrected chi connectivity index (χ2v) is 11.6. The fraction of sp³-hybridized carbons (Fsp3) is 0.269. The SMILES string of the molecule is Cc1cccc(CSCCCNC(=O)CN(c2ccc(Cl)c(C(F)(F)F)c2)S(=O)(=O)c2ccccc2)c1. The highest BCUT2D eigenvalue weighted by Crippen LogP contribution is 2.38. The number of nitrogens with one attached hydrogen (secondary N) is 1. The Labute approximate surface area is 224 Å². The summed E-state index contributed by atoms with van der Waals surface area (Å²) < 4.78 is 67.6. The fourth-order valence-corrected chi connectivity index (χ4v) is 6.07. The molecule has 0 saturated carbocycles. The van der Waals surface area contributed by atoms with E-state index in [0.717, 1.165) is 23.6 Å². The van der Waals surface area contributed by atoms with Crippen molar-refractivity contribution in [2.45, 2.75) is 30.2 Å². The van der Waals surface area contributed by atoms with Crippen LogP contribution in [0.2, 0.25) is 5.02 Å². The van der Waals surface area contributed by atoms with Crippen molar-refractivity contribution < 1.29 is 26.4 Å². The summed E-state index contributed by atoms with van der Waals surface area (Å²) in [5, 5.41) is 2.10. The Hall–Kier alpha value is -2.69. The normalized spacial score (nSPS) is 11.8. The summed E-state index contributed by atoms with van der Waals surface area (Å²) in [4.78, 5) is 12.5. The number of halogens is 4. The third kappa shape index (κ3) is 8.15. The Morgan fingerprint density at radius 2 is 1.76 bits per heavy atom. The average molecular weight is 571 g/mol. The van der Waals surface area contributed by atoms with Crippen LogP contribution in [0.1, 0.15) is 23.1 Å². The molecule has 0 aromatic heterocycles. The summed E-state index contributed by atoms with van der Waals surface area (Å²) in [7, 11) is -4.34. The zero-order chi connectivity index (χ0) is 27.1. The van der Waals surface area contributed by atoms with E-state index in [0.29, 0.717) is 23.3 Å². The molecule has 0 aliphatic carbocycles. The summed E-state index contributed by atoms with van der Waals surface area (Å²) in [6.45, 7) is 1.64. The van der Waals surface area contributed by atoms with Gasteiger partial charge in [0.2, 0.25) is 5.91 Å². The van der Waals surface area contributed by atoms with E-state index in [1.807, 2.05) is 25.1 Å². The summed E-state index contributed by atoms with van der Waals surface area (Å²) in [6, 6.07) is 18.1. The molecule has 0 aliphatic rings. The van der Waals surface area contributed by atoms with Crippen molar-refractivity contribution in [3.05, 3.63) is 94.5 Å². The lowest BCUT2D eigenvalue weighted by atomic mass is 10.2. The van der Waals surface area contributed by atoms with Crippen LogP contribution in [0.15, 0.2) is 77.7 Å². The molecular formula is C26H26ClF3N2O3S2. The maximum Gasteiger partial charge on any atom is 0.417 e. The fourth-order valence-electron chi connectivity index (χ4n) is 3.50. The van der Waals surface area contributed by atoms with Crippen LogP contribution >= 0.6 is 23.4 Å². The number of hydrogen-bond donors (Lipinski definition) is 1. The van der Waals surface area contributed by atoms with Crippen molar-refractivity contribution in [2.24, 2.45) is 0 Å². The van der Waals surface area contributed by atoms with Crippen molar-refractivity contribution in [1.82, 2.24) is 5.32 Å². The van der Waals surface area contributed by atoms with E-state index in [4.69, 9.17) is 11.6 Å². The number of anilines is 1. The quantitative estimate of drug-likeness (QED) is 0.275. The molecule has 0 fully saturated rings. The monoisotopic (exact) mass is 570 g/mol. The zero-order valence-corrected chi connectivity index (χ0v) is 22.4. The van der Waals surface area contributed by atoms with Crippen LogP contribution in [0.5, 0.6) is 0 Å². The second-order valence-electron chi connectivity index (χ2n) is 8.23. The minimum absolute atomic E-state index is 0.154. The lowest BCUT2D eigenvalue weighted by molar-refractivity contribution is -0.137. The summed E-state index contributed by atoms with van der Waals surface area (Å²) in [5.74, 6) is 0.968. The minimum atomic E-state index is -4.80. The first-order chi connectivity index (χ1) is 17.5. The molecule has 0 radical (unpaired) electrons. The maximum atomic E-state index is 13.4. The molecule has 0 aliphatic heterocycles. The minimum Gasteiger partial charge on any atom is -0.354 e. The van der Waals surface area contributed by atoms with Crippen LogP contribution in [-0.4, -0.2) is 33.2 Å². The van der Waals surface area contributed by atoms with E-state index in [1.165, 1.54) is 35.4 Å². The van der Waals surface area contributed by atoms with Crippen LogP contribution in [-0.2, 0) is 26.7 Å². The van der Waals surface area contributed by atoms with Crippen molar-refractivity contribution >= 4 is 45.0 Å². The van der Waals surface area contributed by atoms with E-state index in [1.54, 1.807) is 17.8 Å². The van der Waals surface area contributed by atoms with Gasteiger partial charge in [0.25, 0.3) is 10.0 Å². The highest BCUT2D eigenvalue weighted by atomic mass is 35.5. The number of carbonyl (C=O) groups is 1. The van der Waals surface area contributed by atoms with Gasteiger partial charge in [-0.25, -0.2) is 8.42 Å². The standard InChI is InChI=1S/C26H26ClF3N2O3S2/c1-19-7-5-8-20(15-19)18-36-14-6-13-31-25(33)17-32(37(34,35)22-9-3-2-4-10-22)21-11-12-24(27)23(16-21)26(28,29)30/h2-5,7-12,15-16H,6,13-14,17-18H2,1H3,(H,31,33). The molecular weight excluding hydrogens is 545 g/mol. The van der Waals surface area contributed by atoms with Gasteiger partial charge in [0.1, 0.15) is 6.54 Å². The third-order valence-electron chi connectivity index (χ3n) is 5.30. The average Bonchev–Trinajstić information content (AvgIpc) is 2.85. The number of amides is 1. The topological polar surface area (TPSA) is 66.5 Å². The highest BCUT2D eigenvalue weighted by Gasteiger charge is 2.35. The molecule has 3 rings (SSSR count). The first kappa shape index (κ1) is 28.9. The number of aryl methyl sites for hydroxylation is 1. The molecule has 198 valence electrons. The van der Waals surface area contributed by atoms with Crippen LogP contribution in [0, 0.1) is 6.92 Å². The van der Waals surface area contributed by atoms with Gasteiger partial charge in [-0.1, -0.05) is 59.6 Å². The number of carbonyl (C=O) groups excluding carboxylic acids is 1. The van der Waals surface area contributed by atoms with E-state index in [9.17, 15) is 26.4 Å². The van der Waals surface area contributed by atoms with Crippen molar-refractivity contribution in [2.75, 3.05) is 23.1 Å². The number of sulfonamides is 1. The Kier molecular flexibility index (Phi) is 9.92. The molecule has 0 spiro atoms. The van der Waals surface area contributed by atoms with Gasteiger partial charge in [-0.3, -0.25) is 9.10 Å². The smallest absolute Gasteiger partial charge is 0.354 e. The number of alkyl halides is 3. The molecule has 0 heterocycles. The molecule has 0 atom stereocenters. The molecule has 1 N–H and O–H groups in total. The summed E-state index contributed by atoms with van der Waals surface area (Å²) in [6.07, 6.45) is -4.15. The lowest BCUT2D eigenvalue weighted by Gasteiger charge is -2.25. The highest BCUT2D eigenvalue weighted by molar-refractivity contribution is 7.98. The van der Waals surface area contributed by atoms with Crippen molar-refractivity contribution in [3.8, 4) is 0 Å². The first-order valence-corrected chi connectivity index (χ1v) is 14.3. The van der Waals surface area contributed by atoms with Gasteiger partial charge in [-0.05, 0) is 55.0 Å². The zero-order valence-electron chi connectivity index (χ0n) is 20.0. The predicted octanol–water partition coefficient (Wildman–Crippen LogP) is 6.30. The van der Waals surface area contributed by atoms with Crippen LogP contribution in [0.4, 0.5) is 18.9 Å². The van der Waals surface area contributed by atoms with Gasteiger partial charge in [-0.2, -0.15) is 24.9 Å². The Morgan fingerprint density at radius 1 is 1.03 bits per heavy atom. The Morgan fingerprint density at radius 3 is 2.43 bits per heavy atom. The van der Waals surface area contributed by atoms with E-state index in [-0.39, 0.29) is 10.6 Å². The van der Waals surface area contributed by atoms with E-state index < -0.39 is 39.2 Å². The van der Waals surface area contributed by atoms with Gasteiger partial charge in [0.05, 0.1) is 21.2 Å².